The third-order valence-corrected chi connectivity index (χ3v) is 6.55. The molecule has 1 saturated heterocycles. The van der Waals surface area contributed by atoms with Gasteiger partial charge in [0, 0.05) is 11.9 Å². The van der Waals surface area contributed by atoms with Gasteiger partial charge in [0.05, 0.1) is 11.7 Å². The standard InChI is InChI=1S/C24H24N2O4S/c27-23(15-28-17-8-2-1-3-9-17)26-13-7-6-10-19(26)18-16-31-24(25-18)22-14-29-20-11-4-5-12-21(20)30-22/h1-5,8-9,11-12,16,19,22H,6-7,10,13-15H2/t19?,22-/m1/s1. The van der Waals surface area contributed by atoms with Crippen molar-refractivity contribution in [1.29, 1.82) is 0 Å². The molecule has 0 saturated carbocycles. The molecule has 31 heavy (non-hydrogen) atoms. The van der Waals surface area contributed by atoms with Crippen LogP contribution in [-0.2, 0) is 4.79 Å². The number of carbonyl (C=O) groups excluding carboxylic acids is 1. The zero-order valence-corrected chi connectivity index (χ0v) is 17.9. The number of carbonyl (C=O) groups is 1. The zero-order valence-electron chi connectivity index (χ0n) is 17.1. The normalized spacial score (nSPS) is 20.3. The first kappa shape index (κ1) is 19.9. The second-order valence-electron chi connectivity index (χ2n) is 7.68. The summed E-state index contributed by atoms with van der Waals surface area (Å²) < 4.78 is 17.6. The van der Waals surface area contributed by atoms with Crippen LogP contribution in [0.15, 0.2) is 60.0 Å². The molecule has 0 bridgehead atoms. The number of piperidine rings is 1. The largest absolute Gasteiger partial charge is 0.485 e. The van der Waals surface area contributed by atoms with E-state index >= 15 is 0 Å². The van der Waals surface area contributed by atoms with Crippen molar-refractivity contribution >= 4 is 17.2 Å². The zero-order chi connectivity index (χ0) is 21.0. The van der Waals surface area contributed by atoms with Crippen LogP contribution < -0.4 is 14.2 Å². The highest BCUT2D eigenvalue weighted by Crippen LogP contribution is 2.38. The lowest BCUT2D eigenvalue weighted by Gasteiger charge is -2.34. The van der Waals surface area contributed by atoms with Gasteiger partial charge in [0.1, 0.15) is 17.4 Å². The molecule has 7 heteroatoms. The fraction of sp³-hybridized carbons (Fsp3) is 0.333. The molecular formula is C24H24N2O4S. The number of benzene rings is 2. The van der Waals surface area contributed by atoms with Crippen molar-refractivity contribution in [3.05, 3.63) is 70.7 Å². The van der Waals surface area contributed by atoms with Crippen molar-refractivity contribution in [3.8, 4) is 17.2 Å². The number of ether oxygens (including phenoxy) is 3. The summed E-state index contributed by atoms with van der Waals surface area (Å²) in [5.41, 5.74) is 0.926. The van der Waals surface area contributed by atoms with Gasteiger partial charge < -0.3 is 19.1 Å². The van der Waals surface area contributed by atoms with E-state index in [4.69, 9.17) is 19.2 Å². The number of nitrogens with zero attached hydrogens (tertiary/aromatic N) is 2. The van der Waals surface area contributed by atoms with Crippen LogP contribution in [0.2, 0.25) is 0 Å². The molecule has 2 aliphatic heterocycles. The number of fused-ring (bicyclic) bond motifs is 1. The Morgan fingerprint density at radius 3 is 2.77 bits per heavy atom. The Hall–Kier alpha value is -3.06. The van der Waals surface area contributed by atoms with Crippen LogP contribution in [0.5, 0.6) is 17.2 Å². The van der Waals surface area contributed by atoms with Gasteiger partial charge in [-0.05, 0) is 43.5 Å². The molecule has 3 aromatic rings. The van der Waals surface area contributed by atoms with Crippen LogP contribution in [0, 0.1) is 0 Å². The first-order chi connectivity index (χ1) is 15.3. The summed E-state index contributed by atoms with van der Waals surface area (Å²) in [7, 11) is 0. The molecule has 3 heterocycles. The Kier molecular flexibility index (Phi) is 5.76. The lowest BCUT2D eigenvalue weighted by molar-refractivity contribution is -0.137. The van der Waals surface area contributed by atoms with Gasteiger partial charge in [-0.15, -0.1) is 11.3 Å². The monoisotopic (exact) mass is 436 g/mol. The minimum absolute atomic E-state index is 0.00530. The van der Waals surface area contributed by atoms with Crippen molar-refractivity contribution in [2.45, 2.75) is 31.4 Å². The maximum absolute atomic E-state index is 12.9. The van der Waals surface area contributed by atoms with Crippen LogP contribution in [0.25, 0.3) is 0 Å². The number of para-hydroxylation sites is 3. The molecule has 2 atom stereocenters. The van der Waals surface area contributed by atoms with E-state index in [9.17, 15) is 4.79 Å². The van der Waals surface area contributed by atoms with E-state index < -0.39 is 0 Å². The molecule has 1 unspecified atom stereocenters. The first-order valence-corrected chi connectivity index (χ1v) is 11.5. The molecule has 0 N–H and O–H groups in total. The summed E-state index contributed by atoms with van der Waals surface area (Å²) >= 11 is 1.56. The average Bonchev–Trinajstić information content (AvgIpc) is 3.33. The molecule has 0 aliphatic carbocycles. The number of likely N-dealkylation sites (tertiary alicyclic amines) is 1. The predicted octanol–water partition coefficient (Wildman–Crippen LogP) is 4.79. The molecule has 1 aromatic heterocycles. The summed E-state index contributed by atoms with van der Waals surface area (Å²) in [6.07, 6.45) is 2.76. The Balaban J connectivity index is 1.27. The molecule has 160 valence electrons. The van der Waals surface area contributed by atoms with Gasteiger partial charge in [0.2, 0.25) is 0 Å². The SMILES string of the molecule is O=C(COc1ccccc1)N1CCCCC1c1csc([C@H]2COc3ccccc3O2)n1. The van der Waals surface area contributed by atoms with Crippen LogP contribution in [0.4, 0.5) is 0 Å². The Morgan fingerprint density at radius 1 is 1.10 bits per heavy atom. The van der Waals surface area contributed by atoms with E-state index in [0.29, 0.717) is 12.4 Å². The number of amides is 1. The van der Waals surface area contributed by atoms with E-state index in [0.717, 1.165) is 48.0 Å². The summed E-state index contributed by atoms with van der Waals surface area (Å²) in [5.74, 6) is 2.20. The molecular weight excluding hydrogens is 412 g/mol. The molecule has 0 radical (unpaired) electrons. The summed E-state index contributed by atoms with van der Waals surface area (Å²) in [6.45, 7) is 1.20. The summed E-state index contributed by atoms with van der Waals surface area (Å²) in [4.78, 5) is 19.7. The minimum Gasteiger partial charge on any atom is -0.485 e. The molecule has 2 aliphatic rings. The smallest absolute Gasteiger partial charge is 0.261 e. The van der Waals surface area contributed by atoms with Crippen molar-refractivity contribution in [2.24, 2.45) is 0 Å². The van der Waals surface area contributed by atoms with Gasteiger partial charge in [0.25, 0.3) is 5.91 Å². The van der Waals surface area contributed by atoms with Gasteiger partial charge in [-0.1, -0.05) is 30.3 Å². The topological polar surface area (TPSA) is 60.9 Å². The maximum Gasteiger partial charge on any atom is 0.261 e. The number of hydrogen-bond donors (Lipinski definition) is 0. The second-order valence-corrected chi connectivity index (χ2v) is 8.56. The fourth-order valence-corrected chi connectivity index (χ4v) is 4.90. The average molecular weight is 437 g/mol. The third kappa shape index (κ3) is 4.37. The van der Waals surface area contributed by atoms with Gasteiger partial charge >= 0.3 is 0 Å². The predicted molar refractivity (Wildman–Crippen MR) is 118 cm³/mol. The quantitative estimate of drug-likeness (QED) is 0.576. The molecule has 1 fully saturated rings. The van der Waals surface area contributed by atoms with Gasteiger partial charge in [-0.3, -0.25) is 4.79 Å². The van der Waals surface area contributed by atoms with E-state index in [1.807, 2.05) is 64.9 Å². The molecule has 5 rings (SSSR count). The van der Waals surface area contributed by atoms with E-state index in [-0.39, 0.29) is 24.7 Å². The maximum atomic E-state index is 12.9. The van der Waals surface area contributed by atoms with Crippen LogP contribution >= 0.6 is 11.3 Å². The molecule has 2 aromatic carbocycles. The summed E-state index contributed by atoms with van der Waals surface area (Å²) in [5, 5.41) is 2.93. The highest BCUT2D eigenvalue weighted by Gasteiger charge is 2.32. The number of aromatic nitrogens is 1. The molecule has 0 spiro atoms. The lowest BCUT2D eigenvalue weighted by atomic mass is 10.00. The highest BCUT2D eigenvalue weighted by atomic mass is 32.1. The first-order valence-electron chi connectivity index (χ1n) is 10.6. The van der Waals surface area contributed by atoms with Crippen molar-refractivity contribution in [2.75, 3.05) is 19.8 Å². The van der Waals surface area contributed by atoms with Crippen molar-refractivity contribution < 1.29 is 19.0 Å². The minimum atomic E-state index is -0.234. The highest BCUT2D eigenvalue weighted by molar-refractivity contribution is 7.09. The van der Waals surface area contributed by atoms with Gasteiger partial charge in [-0.2, -0.15) is 0 Å². The van der Waals surface area contributed by atoms with Gasteiger partial charge in [0.15, 0.2) is 24.2 Å². The Labute approximate surface area is 185 Å². The Morgan fingerprint density at radius 2 is 1.90 bits per heavy atom. The second kappa shape index (κ2) is 8.98. The van der Waals surface area contributed by atoms with Crippen molar-refractivity contribution in [3.63, 3.8) is 0 Å². The fourth-order valence-electron chi connectivity index (χ4n) is 4.03. The van der Waals surface area contributed by atoms with Crippen LogP contribution in [-0.4, -0.2) is 35.5 Å². The number of hydrogen-bond acceptors (Lipinski definition) is 6. The van der Waals surface area contributed by atoms with E-state index in [1.165, 1.54) is 0 Å². The van der Waals surface area contributed by atoms with Crippen LogP contribution in [0.1, 0.15) is 42.1 Å². The van der Waals surface area contributed by atoms with Gasteiger partial charge in [-0.25, -0.2) is 4.98 Å². The molecule has 1 amide bonds. The van der Waals surface area contributed by atoms with Crippen molar-refractivity contribution in [1.82, 2.24) is 9.88 Å². The lowest BCUT2D eigenvalue weighted by Crippen LogP contribution is -2.41. The number of rotatable bonds is 5. The van der Waals surface area contributed by atoms with E-state index in [1.54, 1.807) is 11.3 Å². The Bertz CT molecular complexity index is 1040. The number of thiazole rings is 1. The van der Waals surface area contributed by atoms with E-state index in [2.05, 4.69) is 0 Å². The summed E-state index contributed by atoms with van der Waals surface area (Å²) in [6, 6.07) is 17.1. The van der Waals surface area contributed by atoms with Crippen LogP contribution in [0.3, 0.4) is 0 Å². The molecule has 6 nitrogen and oxygen atoms in total. The third-order valence-electron chi connectivity index (χ3n) is 5.59.